The third kappa shape index (κ3) is 5.99. The highest BCUT2D eigenvalue weighted by Crippen LogP contribution is 2.24. The van der Waals surface area contributed by atoms with E-state index in [1.807, 2.05) is 0 Å². The van der Waals surface area contributed by atoms with E-state index >= 15 is 0 Å². The van der Waals surface area contributed by atoms with Crippen molar-refractivity contribution in [1.82, 2.24) is 0 Å². The first-order chi connectivity index (χ1) is 9.04. The highest BCUT2D eigenvalue weighted by molar-refractivity contribution is 9.08. The Hall–Kier alpha value is -0.500. The van der Waals surface area contributed by atoms with Crippen LogP contribution in [0.2, 0.25) is 0 Å². The molecular formula is C17H28BrN. The zero-order chi connectivity index (χ0) is 14.3. The molecule has 1 aromatic carbocycles. The van der Waals surface area contributed by atoms with Crippen molar-refractivity contribution in [1.29, 1.82) is 0 Å². The molecule has 0 spiro atoms. The molecule has 0 N–H and O–H groups in total. The number of hydrogen-bond acceptors (Lipinski definition) is 1. The van der Waals surface area contributed by atoms with Gasteiger partial charge in [0, 0.05) is 24.1 Å². The van der Waals surface area contributed by atoms with Gasteiger partial charge in [-0.15, -0.1) is 0 Å². The Morgan fingerprint density at radius 1 is 0.947 bits per heavy atom. The second-order valence-corrected chi connectivity index (χ2v) is 6.68. The Labute approximate surface area is 127 Å². The summed E-state index contributed by atoms with van der Waals surface area (Å²) in [5.41, 5.74) is 2.80. The van der Waals surface area contributed by atoms with Gasteiger partial charge in [0.2, 0.25) is 0 Å². The maximum atomic E-state index is 3.61. The summed E-state index contributed by atoms with van der Waals surface area (Å²) in [6.45, 7) is 11.5. The van der Waals surface area contributed by atoms with Gasteiger partial charge in [-0.3, -0.25) is 0 Å². The van der Waals surface area contributed by atoms with Crippen LogP contribution in [0.1, 0.15) is 46.1 Å². The first-order valence-corrected chi connectivity index (χ1v) is 8.55. The molecule has 1 nitrogen and oxygen atoms in total. The summed E-state index contributed by atoms with van der Waals surface area (Å²) in [6, 6.07) is 8.77. The van der Waals surface area contributed by atoms with Crippen LogP contribution in [0.5, 0.6) is 0 Å². The van der Waals surface area contributed by atoms with E-state index in [0.717, 1.165) is 30.3 Å². The zero-order valence-electron chi connectivity index (χ0n) is 12.8. The first-order valence-electron chi connectivity index (χ1n) is 7.43. The average Bonchev–Trinajstić information content (AvgIpc) is 2.38. The maximum Gasteiger partial charge on any atom is 0.0407 e. The Kier molecular flexibility index (Phi) is 7.52. The van der Waals surface area contributed by atoms with E-state index in [0.29, 0.717) is 0 Å². The van der Waals surface area contributed by atoms with Gasteiger partial charge in [-0.2, -0.15) is 0 Å². The second-order valence-electron chi connectivity index (χ2n) is 6.11. The van der Waals surface area contributed by atoms with E-state index in [4.69, 9.17) is 0 Å². The van der Waals surface area contributed by atoms with Crippen LogP contribution in [0.15, 0.2) is 24.3 Å². The Bertz CT molecular complexity index is 348. The quantitative estimate of drug-likeness (QED) is 0.572. The lowest BCUT2D eigenvalue weighted by Gasteiger charge is -2.28. The molecule has 0 heterocycles. The molecule has 0 amide bonds. The molecule has 0 aliphatic rings. The number of hydrogen-bond donors (Lipinski definition) is 0. The highest BCUT2D eigenvalue weighted by atomic mass is 79.9. The number of benzene rings is 1. The lowest BCUT2D eigenvalue weighted by atomic mass is 10.1. The normalized spacial score (nSPS) is 11.3. The molecule has 1 rings (SSSR count). The Morgan fingerprint density at radius 2 is 1.47 bits per heavy atom. The van der Waals surface area contributed by atoms with Crippen LogP contribution in [0.4, 0.5) is 5.69 Å². The van der Waals surface area contributed by atoms with Crippen molar-refractivity contribution < 1.29 is 0 Å². The largest absolute Gasteiger partial charge is 0.371 e. The third-order valence-electron chi connectivity index (χ3n) is 3.43. The average molecular weight is 326 g/mol. The predicted molar refractivity (Wildman–Crippen MR) is 90.2 cm³/mol. The second kappa shape index (κ2) is 8.63. The van der Waals surface area contributed by atoms with E-state index in [9.17, 15) is 0 Å². The summed E-state index contributed by atoms with van der Waals surface area (Å²) in [6.07, 6.45) is 2.52. The van der Waals surface area contributed by atoms with Crippen LogP contribution < -0.4 is 4.90 Å². The van der Waals surface area contributed by atoms with E-state index in [1.54, 1.807) is 0 Å². The molecule has 19 heavy (non-hydrogen) atoms. The lowest BCUT2D eigenvalue weighted by Crippen LogP contribution is -2.28. The minimum atomic E-state index is 0.762. The smallest absolute Gasteiger partial charge is 0.0407 e. The zero-order valence-corrected chi connectivity index (χ0v) is 14.4. The van der Waals surface area contributed by atoms with Gasteiger partial charge in [0.25, 0.3) is 0 Å². The van der Waals surface area contributed by atoms with Crippen molar-refractivity contribution in [3.8, 4) is 0 Å². The third-order valence-corrected chi connectivity index (χ3v) is 4.03. The predicted octanol–water partition coefficient (Wildman–Crippen LogP) is 5.48. The van der Waals surface area contributed by atoms with E-state index in [-0.39, 0.29) is 0 Å². The molecule has 0 aromatic heterocycles. The van der Waals surface area contributed by atoms with Gasteiger partial charge >= 0.3 is 0 Å². The molecule has 0 bridgehead atoms. The van der Waals surface area contributed by atoms with Crippen molar-refractivity contribution >= 4 is 21.6 Å². The fourth-order valence-corrected chi connectivity index (χ4v) is 2.59. The minimum Gasteiger partial charge on any atom is -0.371 e. The highest BCUT2D eigenvalue weighted by Gasteiger charge is 2.11. The summed E-state index contributed by atoms with van der Waals surface area (Å²) >= 11 is 3.61. The van der Waals surface area contributed by atoms with Crippen LogP contribution in [-0.4, -0.2) is 13.1 Å². The molecule has 0 aliphatic carbocycles. The summed E-state index contributed by atoms with van der Waals surface area (Å²) in [7, 11) is 0. The summed E-state index contributed by atoms with van der Waals surface area (Å²) < 4.78 is 0. The molecule has 0 unspecified atom stereocenters. The molecule has 0 fully saturated rings. The van der Waals surface area contributed by atoms with Gasteiger partial charge in [-0.05, 0) is 36.3 Å². The number of alkyl halides is 1. The number of para-hydroxylation sites is 1. The molecule has 1 aromatic rings. The molecule has 0 radical (unpaired) electrons. The van der Waals surface area contributed by atoms with E-state index in [2.05, 4.69) is 72.8 Å². The van der Waals surface area contributed by atoms with Crippen molar-refractivity contribution in [3.63, 3.8) is 0 Å². The summed E-state index contributed by atoms with van der Waals surface area (Å²) in [5, 5.41) is 0.934. The SMILES string of the molecule is CC(C)CCN(CCC(C)C)c1ccccc1CBr. The number of halogens is 1. The fraction of sp³-hybridized carbons (Fsp3) is 0.647. The van der Waals surface area contributed by atoms with Gasteiger partial charge in [0.1, 0.15) is 0 Å². The fourth-order valence-electron chi connectivity index (χ4n) is 2.11. The van der Waals surface area contributed by atoms with Crippen LogP contribution in [0.25, 0.3) is 0 Å². The molecule has 2 heteroatoms. The van der Waals surface area contributed by atoms with Crippen LogP contribution >= 0.6 is 15.9 Å². The van der Waals surface area contributed by atoms with Crippen molar-refractivity contribution in [3.05, 3.63) is 29.8 Å². The van der Waals surface area contributed by atoms with Gasteiger partial charge in [0.05, 0.1) is 0 Å². The standard InChI is InChI=1S/C17H28BrN/c1-14(2)9-11-19(12-10-15(3)4)17-8-6-5-7-16(17)13-18/h5-8,14-15H,9-13H2,1-4H3. The van der Waals surface area contributed by atoms with Crippen molar-refractivity contribution in [2.45, 2.75) is 45.9 Å². The molecular weight excluding hydrogens is 298 g/mol. The van der Waals surface area contributed by atoms with Gasteiger partial charge < -0.3 is 4.90 Å². The minimum absolute atomic E-state index is 0.762. The maximum absolute atomic E-state index is 3.61. The summed E-state index contributed by atoms with van der Waals surface area (Å²) in [5.74, 6) is 1.52. The Balaban J connectivity index is 2.81. The monoisotopic (exact) mass is 325 g/mol. The molecule has 0 saturated heterocycles. The van der Waals surface area contributed by atoms with Crippen molar-refractivity contribution in [2.75, 3.05) is 18.0 Å². The molecule has 108 valence electrons. The number of anilines is 1. The topological polar surface area (TPSA) is 3.24 Å². The van der Waals surface area contributed by atoms with E-state index < -0.39 is 0 Å². The van der Waals surface area contributed by atoms with Gasteiger partial charge in [0.15, 0.2) is 0 Å². The number of nitrogens with zero attached hydrogens (tertiary/aromatic N) is 1. The lowest BCUT2D eigenvalue weighted by molar-refractivity contribution is 0.535. The first kappa shape index (κ1) is 16.6. The molecule has 0 aliphatic heterocycles. The van der Waals surface area contributed by atoms with Gasteiger partial charge in [-0.25, -0.2) is 0 Å². The summed E-state index contributed by atoms with van der Waals surface area (Å²) in [4.78, 5) is 2.57. The molecule has 0 saturated carbocycles. The van der Waals surface area contributed by atoms with Crippen LogP contribution in [0.3, 0.4) is 0 Å². The van der Waals surface area contributed by atoms with Crippen LogP contribution in [-0.2, 0) is 5.33 Å². The van der Waals surface area contributed by atoms with E-state index in [1.165, 1.54) is 24.1 Å². The number of rotatable bonds is 8. The molecule has 0 atom stereocenters. The van der Waals surface area contributed by atoms with Crippen LogP contribution in [0, 0.1) is 11.8 Å². The van der Waals surface area contributed by atoms with Gasteiger partial charge in [-0.1, -0.05) is 61.8 Å². The Morgan fingerprint density at radius 3 is 1.95 bits per heavy atom. The van der Waals surface area contributed by atoms with Crippen molar-refractivity contribution in [2.24, 2.45) is 11.8 Å².